The zero-order valence-corrected chi connectivity index (χ0v) is 14.2. The molecule has 1 aromatic rings. The third-order valence-electron chi connectivity index (χ3n) is 3.28. The highest BCUT2D eigenvalue weighted by atomic mass is 32.2. The maximum Gasteiger partial charge on any atom is 0.416 e. The Hall–Kier alpha value is -1.95. The van der Waals surface area contributed by atoms with Gasteiger partial charge in [-0.15, -0.1) is 4.83 Å². The quantitative estimate of drug-likeness (QED) is 0.600. The van der Waals surface area contributed by atoms with Crippen molar-refractivity contribution >= 4 is 16.1 Å². The molecule has 0 aromatic heterocycles. The highest BCUT2D eigenvalue weighted by Gasteiger charge is 2.59. The van der Waals surface area contributed by atoms with Crippen LogP contribution in [-0.2, 0) is 10.0 Å². The lowest BCUT2D eigenvalue weighted by atomic mass is 10.0. The Morgan fingerprint density at radius 2 is 1.64 bits per heavy atom. The highest BCUT2D eigenvalue weighted by Crippen LogP contribution is 2.35. The van der Waals surface area contributed by atoms with Gasteiger partial charge in [-0.1, -0.05) is 17.7 Å². The van der Waals surface area contributed by atoms with Crippen molar-refractivity contribution in [2.75, 3.05) is 7.05 Å². The van der Waals surface area contributed by atoms with Gasteiger partial charge >= 0.3 is 12.2 Å². The van der Waals surface area contributed by atoms with Crippen molar-refractivity contribution in [3.8, 4) is 0 Å². The number of carbonyl (C=O) groups is 1. The van der Waals surface area contributed by atoms with Crippen molar-refractivity contribution in [2.45, 2.75) is 36.9 Å². The van der Waals surface area contributed by atoms with Crippen LogP contribution in [0.25, 0.3) is 0 Å². The van der Waals surface area contributed by atoms with E-state index in [1.807, 2.05) is 0 Å². The van der Waals surface area contributed by atoms with E-state index in [2.05, 4.69) is 0 Å². The van der Waals surface area contributed by atoms with Crippen LogP contribution in [0.5, 0.6) is 0 Å². The molecule has 0 bridgehead atoms. The molecule has 0 saturated carbocycles. The molecule has 0 saturated heterocycles. The zero-order chi connectivity index (χ0) is 19.6. The maximum atomic E-state index is 12.8. The number of amides is 2. The molecule has 0 heterocycles. The van der Waals surface area contributed by atoms with E-state index in [4.69, 9.17) is 0 Å². The van der Waals surface area contributed by atoms with Crippen molar-refractivity contribution in [2.24, 2.45) is 0 Å². The molecule has 2 amide bonds. The van der Waals surface area contributed by atoms with Crippen LogP contribution < -0.4 is 10.1 Å². The van der Waals surface area contributed by atoms with Crippen molar-refractivity contribution in [3.05, 3.63) is 29.8 Å². The number of hydrogen-bond donors (Lipinski definition) is 2. The van der Waals surface area contributed by atoms with E-state index < -0.39 is 34.2 Å². The van der Waals surface area contributed by atoms with Crippen LogP contribution in [0.2, 0.25) is 0 Å². The third-order valence-corrected chi connectivity index (χ3v) is 4.69. The normalized spacial score (nSPS) is 14.9. The summed E-state index contributed by atoms with van der Waals surface area (Å²) < 4.78 is 87.9. The number of nitrogens with zero attached hydrogens (tertiary/aromatic N) is 1. The first kappa shape index (κ1) is 21.1. The predicted octanol–water partition coefficient (Wildman–Crippen LogP) is 2.42. The first-order valence-corrected chi connectivity index (χ1v) is 8.19. The number of nitrogens with one attached hydrogen (secondary N) is 2. The maximum absolute atomic E-state index is 12.8. The summed E-state index contributed by atoms with van der Waals surface area (Å²) in [5.41, 5.74) is -3.09. The molecule has 6 nitrogen and oxygen atoms in total. The van der Waals surface area contributed by atoms with Crippen LogP contribution in [0, 0.1) is 6.92 Å². The largest absolute Gasteiger partial charge is 0.416 e. The summed E-state index contributed by atoms with van der Waals surface area (Å²) in [5, 5.41) is 1.24. The molecule has 1 rings (SSSR count). The minimum absolute atomic E-state index is 0.0951. The smallest absolute Gasteiger partial charge is 0.318 e. The number of alkyl halides is 5. The minimum atomic E-state index is -5.45. The Morgan fingerprint density at radius 1 is 1.16 bits per heavy atom. The van der Waals surface area contributed by atoms with Gasteiger partial charge in [0.15, 0.2) is 5.54 Å². The second kappa shape index (κ2) is 7.12. The van der Waals surface area contributed by atoms with Crippen LogP contribution in [0.4, 0.5) is 26.7 Å². The second-order valence-electron chi connectivity index (χ2n) is 5.40. The van der Waals surface area contributed by atoms with Gasteiger partial charge in [0.05, 0.1) is 4.90 Å². The van der Waals surface area contributed by atoms with E-state index in [-0.39, 0.29) is 16.8 Å². The van der Waals surface area contributed by atoms with Gasteiger partial charge in [0.25, 0.3) is 16.4 Å². The molecular formula is C13H16F5N3O3S. The number of carbonyl (C=O) groups excluding carboxylic acids is 1. The first-order valence-electron chi connectivity index (χ1n) is 6.70. The van der Waals surface area contributed by atoms with E-state index >= 15 is 0 Å². The Balaban J connectivity index is 2.94. The van der Waals surface area contributed by atoms with Gasteiger partial charge in [0.1, 0.15) is 0 Å². The zero-order valence-electron chi connectivity index (χ0n) is 13.4. The lowest BCUT2D eigenvalue weighted by Crippen LogP contribution is -2.64. The van der Waals surface area contributed by atoms with Crippen LogP contribution in [0.15, 0.2) is 29.2 Å². The van der Waals surface area contributed by atoms with Gasteiger partial charge < -0.3 is 5.32 Å². The fourth-order valence-corrected chi connectivity index (χ4v) is 2.59. The van der Waals surface area contributed by atoms with E-state index in [0.29, 0.717) is 0 Å². The van der Waals surface area contributed by atoms with Gasteiger partial charge in [-0.3, -0.25) is 0 Å². The minimum Gasteiger partial charge on any atom is -0.318 e. The topological polar surface area (TPSA) is 78.5 Å². The number of aryl methyl sites for hydroxylation is 1. The van der Waals surface area contributed by atoms with Crippen molar-refractivity contribution < 1.29 is 35.2 Å². The highest BCUT2D eigenvalue weighted by molar-refractivity contribution is 7.89. The molecule has 0 aliphatic heterocycles. The van der Waals surface area contributed by atoms with E-state index in [9.17, 15) is 35.2 Å². The third kappa shape index (κ3) is 4.78. The van der Waals surface area contributed by atoms with Crippen molar-refractivity contribution in [3.63, 3.8) is 0 Å². The SMILES string of the molecule is Cc1ccc(S(=O)(=O)NN(C)C(=O)NC(C)(C(F)F)C(F)(F)F)cc1. The molecule has 0 spiro atoms. The monoisotopic (exact) mass is 389 g/mol. The Kier molecular flexibility index (Phi) is 6.01. The lowest BCUT2D eigenvalue weighted by Gasteiger charge is -2.33. The molecule has 2 N–H and O–H groups in total. The fraction of sp³-hybridized carbons (Fsp3) is 0.462. The summed E-state index contributed by atoms with van der Waals surface area (Å²) >= 11 is 0. The number of urea groups is 1. The molecule has 0 aliphatic rings. The molecule has 0 aliphatic carbocycles. The van der Waals surface area contributed by atoms with Gasteiger partial charge in [0.2, 0.25) is 0 Å². The molecule has 0 fully saturated rings. The van der Waals surface area contributed by atoms with E-state index in [1.54, 1.807) is 11.8 Å². The molecule has 142 valence electrons. The van der Waals surface area contributed by atoms with Gasteiger partial charge in [-0.25, -0.2) is 27.0 Å². The number of halogens is 5. The molecule has 25 heavy (non-hydrogen) atoms. The van der Waals surface area contributed by atoms with Gasteiger partial charge in [-0.2, -0.15) is 13.2 Å². The second-order valence-corrected chi connectivity index (χ2v) is 7.06. The van der Waals surface area contributed by atoms with Crippen LogP contribution >= 0.6 is 0 Å². The van der Waals surface area contributed by atoms with E-state index in [1.165, 1.54) is 24.3 Å². The fourth-order valence-electron chi connectivity index (χ4n) is 1.55. The molecule has 0 radical (unpaired) electrons. The predicted molar refractivity (Wildman–Crippen MR) is 78.3 cm³/mol. The number of hydrazine groups is 1. The summed E-state index contributed by atoms with van der Waals surface area (Å²) in [4.78, 5) is 13.2. The Bertz CT molecular complexity index is 721. The van der Waals surface area contributed by atoms with Crippen LogP contribution in [0.3, 0.4) is 0 Å². The van der Waals surface area contributed by atoms with Crippen molar-refractivity contribution in [1.82, 2.24) is 15.2 Å². The van der Waals surface area contributed by atoms with Crippen LogP contribution in [0.1, 0.15) is 12.5 Å². The molecule has 1 aromatic carbocycles. The van der Waals surface area contributed by atoms with Gasteiger partial charge in [0, 0.05) is 7.05 Å². The number of hydrogen-bond acceptors (Lipinski definition) is 3. The standard InChI is InChI=1S/C13H16F5N3O3S/c1-8-4-6-9(7-5-8)25(23,24)20-21(3)11(22)19-12(2,10(14)15)13(16,17)18/h4-7,10,20H,1-3H3,(H,19,22). The van der Waals surface area contributed by atoms with Crippen molar-refractivity contribution in [1.29, 1.82) is 0 Å². The van der Waals surface area contributed by atoms with Crippen LogP contribution in [-0.4, -0.2) is 44.6 Å². The average Bonchev–Trinajstić information content (AvgIpc) is 2.45. The molecule has 12 heteroatoms. The molecule has 1 unspecified atom stereocenters. The Labute approximate surface area is 141 Å². The average molecular weight is 389 g/mol. The van der Waals surface area contributed by atoms with Gasteiger partial charge in [-0.05, 0) is 26.0 Å². The molecule has 1 atom stereocenters. The molecular weight excluding hydrogens is 373 g/mol. The number of sulfonamides is 1. The van der Waals surface area contributed by atoms with E-state index in [0.717, 1.165) is 17.9 Å². The summed E-state index contributed by atoms with van der Waals surface area (Å²) in [6, 6.07) is 3.65. The summed E-state index contributed by atoms with van der Waals surface area (Å²) in [6.45, 7) is 1.80. The summed E-state index contributed by atoms with van der Waals surface area (Å²) in [5.74, 6) is 0. The summed E-state index contributed by atoms with van der Waals surface area (Å²) in [7, 11) is -3.51. The first-order chi connectivity index (χ1) is 11.2. The number of rotatable bonds is 5. The lowest BCUT2D eigenvalue weighted by molar-refractivity contribution is -0.221. The Morgan fingerprint density at radius 3 is 2.04 bits per heavy atom. The summed E-state index contributed by atoms with van der Waals surface area (Å²) in [6.07, 6.45) is -9.41. The number of benzene rings is 1.